The number of halogens is 4. The number of rotatable bonds is 4. The van der Waals surface area contributed by atoms with Gasteiger partial charge in [-0.1, -0.05) is 0 Å². The second-order valence-corrected chi connectivity index (χ2v) is 3.12. The van der Waals surface area contributed by atoms with E-state index in [9.17, 15) is 17.6 Å². The monoisotopic (exact) mass is 264 g/mol. The van der Waals surface area contributed by atoms with Gasteiger partial charge in [0.1, 0.15) is 6.67 Å². The van der Waals surface area contributed by atoms with Gasteiger partial charge in [0.15, 0.2) is 5.75 Å². The zero-order valence-electron chi connectivity index (χ0n) is 9.21. The van der Waals surface area contributed by atoms with E-state index in [1.54, 1.807) is 6.07 Å². The van der Waals surface area contributed by atoms with Gasteiger partial charge in [-0.2, -0.15) is 5.26 Å². The third kappa shape index (κ3) is 3.23. The van der Waals surface area contributed by atoms with E-state index in [0.29, 0.717) is 0 Å². The molecule has 0 aromatic carbocycles. The predicted molar refractivity (Wildman–Crippen MR) is 51.6 cm³/mol. The first-order chi connectivity index (χ1) is 8.42. The lowest BCUT2D eigenvalue weighted by Gasteiger charge is -2.16. The van der Waals surface area contributed by atoms with E-state index in [4.69, 9.17) is 5.26 Å². The molecule has 0 N–H and O–H groups in total. The molecular weight excluding hydrogens is 256 g/mol. The molecule has 8 heteroatoms. The number of alkyl halides is 4. The fraction of sp³-hybridized carbons (Fsp3) is 0.400. The number of nitrogens with zero attached hydrogens (tertiary/aromatic N) is 2. The number of hydrogen-bond donors (Lipinski definition) is 0. The Balaban J connectivity index is 3.33. The maximum atomic E-state index is 12.8. The lowest BCUT2D eigenvalue weighted by Crippen LogP contribution is -2.19. The summed E-state index contributed by atoms with van der Waals surface area (Å²) < 4.78 is 57.7. The Hall–Kier alpha value is -2.04. The van der Waals surface area contributed by atoms with E-state index in [1.165, 1.54) is 0 Å². The number of ether oxygens (including phenoxy) is 2. The molecule has 0 unspecified atom stereocenters. The van der Waals surface area contributed by atoms with Crippen molar-refractivity contribution in [3.8, 4) is 17.7 Å². The van der Waals surface area contributed by atoms with Gasteiger partial charge in [-0.3, -0.25) is 0 Å². The van der Waals surface area contributed by atoms with Crippen molar-refractivity contribution >= 4 is 0 Å². The van der Waals surface area contributed by atoms with Crippen molar-refractivity contribution in [1.82, 2.24) is 4.98 Å². The molecule has 0 atom stereocenters. The Morgan fingerprint density at radius 1 is 1.44 bits per heavy atom. The Morgan fingerprint density at radius 3 is 2.56 bits per heavy atom. The Morgan fingerprint density at radius 2 is 2.11 bits per heavy atom. The van der Waals surface area contributed by atoms with E-state index in [0.717, 1.165) is 13.3 Å². The molecule has 0 spiro atoms. The predicted octanol–water partition coefficient (Wildman–Crippen LogP) is 2.52. The normalized spacial score (nSPS) is 10.9. The summed E-state index contributed by atoms with van der Waals surface area (Å²) in [6, 6.07) is 1.70. The summed E-state index contributed by atoms with van der Waals surface area (Å²) in [5.41, 5.74) is -0.360. The molecule has 0 radical (unpaired) electrons. The van der Waals surface area contributed by atoms with E-state index in [-0.39, 0.29) is 17.5 Å². The van der Waals surface area contributed by atoms with Gasteiger partial charge in [0.25, 0.3) is 5.88 Å². The number of pyridine rings is 1. The highest BCUT2D eigenvalue weighted by Crippen LogP contribution is 2.36. The second kappa shape index (κ2) is 5.53. The summed E-state index contributed by atoms with van der Waals surface area (Å²) in [6.45, 7) is -1.22. The summed E-state index contributed by atoms with van der Waals surface area (Å²) in [6.07, 6.45) is -4.19. The topological polar surface area (TPSA) is 55.1 Å². The van der Waals surface area contributed by atoms with Crippen molar-refractivity contribution < 1.29 is 27.0 Å². The Bertz CT molecular complexity index is 468. The lowest BCUT2D eigenvalue weighted by atomic mass is 10.1. The molecule has 0 saturated heterocycles. The molecule has 0 saturated carbocycles. The maximum Gasteiger partial charge on any atom is 0.573 e. The molecule has 0 aliphatic carbocycles. The van der Waals surface area contributed by atoms with Gasteiger partial charge in [-0.05, 0) is 5.56 Å². The highest BCUT2D eigenvalue weighted by molar-refractivity contribution is 5.46. The largest absolute Gasteiger partial charge is 0.573 e. The van der Waals surface area contributed by atoms with E-state index >= 15 is 0 Å². The minimum Gasteiger partial charge on any atom is -0.478 e. The van der Waals surface area contributed by atoms with Crippen molar-refractivity contribution in [3.63, 3.8) is 0 Å². The third-order valence-corrected chi connectivity index (χ3v) is 2.01. The smallest absolute Gasteiger partial charge is 0.478 e. The van der Waals surface area contributed by atoms with Crippen LogP contribution < -0.4 is 9.47 Å². The second-order valence-electron chi connectivity index (χ2n) is 3.12. The van der Waals surface area contributed by atoms with Crippen molar-refractivity contribution in [2.75, 3.05) is 7.11 Å². The number of nitriles is 1. The van der Waals surface area contributed by atoms with Crippen LogP contribution in [0.4, 0.5) is 17.6 Å². The molecule has 0 fully saturated rings. The van der Waals surface area contributed by atoms with Crippen LogP contribution in [-0.2, 0) is 13.1 Å². The quantitative estimate of drug-likeness (QED) is 0.784. The molecule has 0 amide bonds. The van der Waals surface area contributed by atoms with Gasteiger partial charge >= 0.3 is 6.36 Å². The van der Waals surface area contributed by atoms with Gasteiger partial charge < -0.3 is 9.47 Å². The average Bonchev–Trinajstić information content (AvgIpc) is 2.28. The van der Waals surface area contributed by atoms with Crippen LogP contribution in [0.1, 0.15) is 11.1 Å². The average molecular weight is 264 g/mol. The minimum absolute atomic E-state index is 0.0278. The fourth-order valence-corrected chi connectivity index (χ4v) is 1.30. The molecule has 0 aliphatic rings. The van der Waals surface area contributed by atoms with Gasteiger partial charge in [-0.25, -0.2) is 9.37 Å². The summed E-state index contributed by atoms with van der Waals surface area (Å²) in [7, 11) is 1.08. The standard InChI is InChI=1S/C10H8F4N2O2/c1-17-9-8(18-10(12,13)14)7(4-11)6(2-3-15)5-16-9/h5H,2,4H2,1H3. The summed E-state index contributed by atoms with van der Waals surface area (Å²) >= 11 is 0. The van der Waals surface area contributed by atoms with Crippen LogP contribution in [0.2, 0.25) is 0 Å². The molecule has 98 valence electrons. The molecule has 4 nitrogen and oxygen atoms in total. The molecule has 0 aliphatic heterocycles. The molecule has 1 aromatic rings. The first kappa shape index (κ1) is 14.0. The first-order valence-corrected chi connectivity index (χ1v) is 4.66. The summed E-state index contributed by atoms with van der Waals surface area (Å²) in [4.78, 5) is 3.54. The van der Waals surface area contributed by atoms with Crippen molar-refractivity contribution in [3.05, 3.63) is 17.3 Å². The van der Waals surface area contributed by atoms with Crippen LogP contribution in [0.5, 0.6) is 11.6 Å². The van der Waals surface area contributed by atoms with E-state index < -0.39 is 24.7 Å². The van der Waals surface area contributed by atoms with Gasteiger partial charge in [0, 0.05) is 11.8 Å². The molecule has 1 heterocycles. The highest BCUT2D eigenvalue weighted by atomic mass is 19.4. The molecule has 1 aromatic heterocycles. The lowest BCUT2D eigenvalue weighted by molar-refractivity contribution is -0.275. The number of hydrogen-bond acceptors (Lipinski definition) is 4. The minimum atomic E-state index is -5.00. The Kier molecular flexibility index (Phi) is 4.31. The fourth-order valence-electron chi connectivity index (χ4n) is 1.30. The SMILES string of the molecule is COc1ncc(CC#N)c(CF)c1OC(F)(F)F. The molecule has 0 bridgehead atoms. The van der Waals surface area contributed by atoms with Crippen LogP contribution in [0.15, 0.2) is 6.20 Å². The molecule has 18 heavy (non-hydrogen) atoms. The van der Waals surface area contributed by atoms with Crippen LogP contribution in [0, 0.1) is 11.3 Å². The van der Waals surface area contributed by atoms with Crippen molar-refractivity contribution in [1.29, 1.82) is 5.26 Å². The molecular formula is C10H8F4N2O2. The summed E-state index contributed by atoms with van der Waals surface area (Å²) in [5, 5.41) is 8.50. The Labute approximate surface area is 99.8 Å². The van der Waals surface area contributed by atoms with Crippen LogP contribution in [-0.4, -0.2) is 18.5 Å². The van der Waals surface area contributed by atoms with Crippen LogP contribution >= 0.6 is 0 Å². The third-order valence-electron chi connectivity index (χ3n) is 2.01. The van der Waals surface area contributed by atoms with Gasteiger partial charge in [-0.15, -0.1) is 13.2 Å². The van der Waals surface area contributed by atoms with E-state index in [2.05, 4.69) is 14.5 Å². The number of methoxy groups -OCH3 is 1. The summed E-state index contributed by atoms with van der Waals surface area (Å²) in [5.74, 6) is -1.33. The zero-order valence-corrected chi connectivity index (χ0v) is 9.21. The maximum absolute atomic E-state index is 12.8. The zero-order chi connectivity index (χ0) is 13.8. The van der Waals surface area contributed by atoms with Crippen LogP contribution in [0.25, 0.3) is 0 Å². The van der Waals surface area contributed by atoms with Crippen molar-refractivity contribution in [2.24, 2.45) is 0 Å². The number of aromatic nitrogens is 1. The van der Waals surface area contributed by atoms with Gasteiger partial charge in [0.05, 0.1) is 19.6 Å². The first-order valence-electron chi connectivity index (χ1n) is 4.66. The molecule has 1 rings (SSSR count). The van der Waals surface area contributed by atoms with Crippen LogP contribution in [0.3, 0.4) is 0 Å². The highest BCUT2D eigenvalue weighted by Gasteiger charge is 2.34. The van der Waals surface area contributed by atoms with Crippen molar-refractivity contribution in [2.45, 2.75) is 19.5 Å². The van der Waals surface area contributed by atoms with Gasteiger partial charge in [0.2, 0.25) is 0 Å². The van der Waals surface area contributed by atoms with E-state index in [1.807, 2.05) is 0 Å².